The average molecular weight is 246 g/mol. The summed E-state index contributed by atoms with van der Waals surface area (Å²) in [5.41, 5.74) is 1.75. The van der Waals surface area contributed by atoms with Crippen molar-refractivity contribution in [3.63, 3.8) is 0 Å². The van der Waals surface area contributed by atoms with Gasteiger partial charge in [0.1, 0.15) is 0 Å². The van der Waals surface area contributed by atoms with Gasteiger partial charge < -0.3 is 10.2 Å². The largest absolute Gasteiger partial charge is 0.478 e. The van der Waals surface area contributed by atoms with Crippen molar-refractivity contribution in [3.05, 3.63) is 46.5 Å². The maximum atomic E-state index is 10.8. The molecule has 0 radical (unpaired) electrons. The lowest BCUT2D eigenvalue weighted by Gasteiger charge is -2.03. The molecule has 4 heteroatoms. The van der Waals surface area contributed by atoms with E-state index in [2.05, 4.69) is 0 Å². The summed E-state index contributed by atoms with van der Waals surface area (Å²) in [6.07, 6.45) is 3.03. The fourth-order valence-electron chi connectivity index (χ4n) is 1.36. The maximum Gasteiger partial charge on any atom is 0.331 e. The molecular formula is C14H14O4. The lowest BCUT2D eigenvalue weighted by atomic mass is 10.0. The zero-order valence-electron chi connectivity index (χ0n) is 10.2. The van der Waals surface area contributed by atoms with Crippen LogP contribution in [0.25, 0.3) is 12.2 Å². The molecule has 0 saturated heterocycles. The first kappa shape index (κ1) is 13.7. The Morgan fingerprint density at radius 1 is 0.889 bits per heavy atom. The minimum atomic E-state index is -0.997. The lowest BCUT2D eigenvalue weighted by molar-refractivity contribution is -0.133. The van der Waals surface area contributed by atoms with E-state index in [9.17, 15) is 9.59 Å². The van der Waals surface area contributed by atoms with E-state index in [0.717, 1.165) is 0 Å². The second kappa shape index (κ2) is 5.82. The molecule has 94 valence electrons. The molecular weight excluding hydrogens is 232 g/mol. The molecule has 0 aliphatic heterocycles. The van der Waals surface area contributed by atoms with Crippen LogP contribution in [0.3, 0.4) is 0 Å². The molecule has 0 amide bonds. The van der Waals surface area contributed by atoms with Gasteiger partial charge in [0.2, 0.25) is 0 Å². The first-order valence-electron chi connectivity index (χ1n) is 5.34. The van der Waals surface area contributed by atoms with E-state index in [1.54, 1.807) is 24.3 Å². The van der Waals surface area contributed by atoms with Crippen molar-refractivity contribution in [1.29, 1.82) is 0 Å². The van der Waals surface area contributed by atoms with Crippen LogP contribution < -0.4 is 0 Å². The fourth-order valence-corrected chi connectivity index (χ4v) is 1.36. The Balaban J connectivity index is 3.24. The van der Waals surface area contributed by atoms with Gasteiger partial charge in [-0.3, -0.25) is 0 Å². The van der Waals surface area contributed by atoms with E-state index >= 15 is 0 Å². The normalized spacial score (nSPS) is 12.3. The number of carboxylic acid groups (broad SMARTS) is 2. The van der Waals surface area contributed by atoms with Gasteiger partial charge >= 0.3 is 11.9 Å². The molecule has 0 spiro atoms. The zero-order chi connectivity index (χ0) is 13.7. The Bertz CT molecular complexity index is 489. The molecule has 0 heterocycles. The van der Waals surface area contributed by atoms with Crippen LogP contribution in [0, 0.1) is 0 Å². The second-order valence-electron chi connectivity index (χ2n) is 3.89. The number of hydrogen-bond donors (Lipinski definition) is 2. The highest BCUT2D eigenvalue weighted by Crippen LogP contribution is 2.16. The highest BCUT2D eigenvalue weighted by Gasteiger charge is 2.05. The van der Waals surface area contributed by atoms with Gasteiger partial charge in [-0.1, -0.05) is 24.3 Å². The van der Waals surface area contributed by atoms with Crippen LogP contribution in [0.1, 0.15) is 25.0 Å². The Hall–Kier alpha value is -2.36. The number of hydrogen-bond acceptors (Lipinski definition) is 2. The molecule has 0 fully saturated rings. The van der Waals surface area contributed by atoms with Crippen LogP contribution in [0.2, 0.25) is 0 Å². The first-order chi connectivity index (χ1) is 8.41. The molecule has 0 bridgehead atoms. The summed E-state index contributed by atoms with van der Waals surface area (Å²) < 4.78 is 0. The molecule has 1 aromatic carbocycles. The predicted octanol–water partition coefficient (Wildman–Crippen LogP) is 2.66. The summed E-state index contributed by atoms with van der Waals surface area (Å²) in [4.78, 5) is 21.5. The van der Waals surface area contributed by atoms with Crippen molar-refractivity contribution in [3.8, 4) is 0 Å². The van der Waals surface area contributed by atoms with E-state index in [4.69, 9.17) is 10.2 Å². The minimum Gasteiger partial charge on any atom is -0.478 e. The third-order valence-corrected chi connectivity index (χ3v) is 2.41. The summed E-state index contributed by atoms with van der Waals surface area (Å²) in [6, 6.07) is 7.03. The first-order valence-corrected chi connectivity index (χ1v) is 5.34. The minimum absolute atomic E-state index is 0.198. The molecule has 0 unspecified atom stereocenters. The van der Waals surface area contributed by atoms with Crippen molar-refractivity contribution >= 4 is 24.1 Å². The number of carbonyl (C=O) groups is 2. The third-order valence-electron chi connectivity index (χ3n) is 2.41. The molecule has 1 aromatic rings. The average Bonchev–Trinajstić information content (AvgIpc) is 2.31. The molecule has 1 rings (SSSR count). The third kappa shape index (κ3) is 3.59. The highest BCUT2D eigenvalue weighted by atomic mass is 16.4. The van der Waals surface area contributed by atoms with Crippen LogP contribution in [-0.2, 0) is 9.59 Å². The summed E-state index contributed by atoms with van der Waals surface area (Å²) in [6.45, 7) is 2.99. The Morgan fingerprint density at radius 3 is 1.50 bits per heavy atom. The zero-order valence-corrected chi connectivity index (χ0v) is 10.2. The lowest BCUT2D eigenvalue weighted by Crippen LogP contribution is -1.97. The number of benzene rings is 1. The molecule has 2 N–H and O–H groups in total. The van der Waals surface area contributed by atoms with E-state index in [-0.39, 0.29) is 11.1 Å². The number of rotatable bonds is 4. The van der Waals surface area contributed by atoms with Crippen LogP contribution in [0.4, 0.5) is 0 Å². The summed E-state index contributed by atoms with van der Waals surface area (Å²) in [5, 5.41) is 17.7. The van der Waals surface area contributed by atoms with E-state index in [1.807, 2.05) is 0 Å². The van der Waals surface area contributed by atoms with Gasteiger partial charge in [0, 0.05) is 11.1 Å². The Labute approximate surface area is 105 Å². The van der Waals surface area contributed by atoms with Crippen molar-refractivity contribution in [2.24, 2.45) is 0 Å². The van der Waals surface area contributed by atoms with Gasteiger partial charge in [0.15, 0.2) is 0 Å². The predicted molar refractivity (Wildman–Crippen MR) is 69.0 cm³/mol. The summed E-state index contributed by atoms with van der Waals surface area (Å²) in [5.74, 6) is -1.99. The quantitative estimate of drug-likeness (QED) is 0.801. The summed E-state index contributed by atoms with van der Waals surface area (Å²) in [7, 11) is 0. The van der Waals surface area contributed by atoms with Crippen molar-refractivity contribution in [2.45, 2.75) is 13.8 Å². The van der Waals surface area contributed by atoms with Gasteiger partial charge in [0.05, 0.1) is 0 Å². The second-order valence-corrected chi connectivity index (χ2v) is 3.89. The van der Waals surface area contributed by atoms with E-state index in [1.165, 1.54) is 26.0 Å². The standard InChI is InChI=1S/C14H14O4/c1-9(13(15)16)7-11-5-3-4-6-12(11)8-10(2)14(17)18/h3-8H,1-2H3,(H,15,16)(H,17,18)/b9-7+,10-8+. The molecule has 4 nitrogen and oxygen atoms in total. The highest BCUT2D eigenvalue weighted by molar-refractivity contribution is 5.94. The van der Waals surface area contributed by atoms with Gasteiger partial charge in [-0.05, 0) is 37.1 Å². The van der Waals surface area contributed by atoms with Crippen LogP contribution in [0.5, 0.6) is 0 Å². The molecule has 0 aromatic heterocycles. The van der Waals surface area contributed by atoms with Crippen molar-refractivity contribution in [1.82, 2.24) is 0 Å². The smallest absolute Gasteiger partial charge is 0.331 e. The van der Waals surface area contributed by atoms with Crippen LogP contribution in [0.15, 0.2) is 35.4 Å². The molecule has 18 heavy (non-hydrogen) atoms. The van der Waals surface area contributed by atoms with Gasteiger partial charge in [-0.25, -0.2) is 9.59 Å². The topological polar surface area (TPSA) is 74.6 Å². The fraction of sp³-hybridized carbons (Fsp3) is 0.143. The van der Waals surface area contributed by atoms with Gasteiger partial charge in [0.25, 0.3) is 0 Å². The maximum absolute atomic E-state index is 10.8. The van der Waals surface area contributed by atoms with Crippen LogP contribution >= 0.6 is 0 Å². The SMILES string of the molecule is C/C(=C\c1ccccc1/C=C(\C)C(=O)O)C(=O)O. The number of aliphatic carboxylic acids is 2. The van der Waals surface area contributed by atoms with Gasteiger partial charge in [-0.2, -0.15) is 0 Å². The van der Waals surface area contributed by atoms with E-state index in [0.29, 0.717) is 11.1 Å². The molecule has 0 aliphatic rings. The Morgan fingerprint density at radius 2 is 1.22 bits per heavy atom. The Kier molecular flexibility index (Phi) is 4.43. The molecule has 0 saturated carbocycles. The number of carboxylic acids is 2. The van der Waals surface area contributed by atoms with Gasteiger partial charge in [-0.15, -0.1) is 0 Å². The van der Waals surface area contributed by atoms with Crippen molar-refractivity contribution in [2.75, 3.05) is 0 Å². The summed E-state index contributed by atoms with van der Waals surface area (Å²) >= 11 is 0. The van der Waals surface area contributed by atoms with Crippen molar-refractivity contribution < 1.29 is 19.8 Å². The molecule has 0 aliphatic carbocycles. The van der Waals surface area contributed by atoms with Crippen LogP contribution in [-0.4, -0.2) is 22.2 Å². The monoisotopic (exact) mass is 246 g/mol. The van der Waals surface area contributed by atoms with E-state index < -0.39 is 11.9 Å². The molecule has 0 atom stereocenters.